The number of hydrogen-bond acceptors (Lipinski definition) is 3. The number of carbonyl (C=O) groups excluding carboxylic acids is 1. The molecule has 0 spiro atoms. The molecular formula is C16H24N4O. The third-order valence-electron chi connectivity index (χ3n) is 4.11. The van der Waals surface area contributed by atoms with Gasteiger partial charge >= 0.3 is 6.03 Å². The Bertz CT molecular complexity index is 565. The maximum atomic E-state index is 10.6. The molecule has 2 amide bonds. The number of amides is 2. The molecule has 0 saturated heterocycles. The molecule has 0 radical (unpaired) electrons. The number of carbonyl (C=O) groups is 1. The molecule has 2 rings (SSSR count). The van der Waals surface area contributed by atoms with Gasteiger partial charge in [0.05, 0.1) is 6.21 Å². The zero-order valence-electron chi connectivity index (χ0n) is 13.2. The SMILES string of the molecule is CCN1c2ccc(/C=N\NC(N)=O)cc2C(C)CC1(C)C. The van der Waals surface area contributed by atoms with Gasteiger partial charge in [-0.1, -0.05) is 13.0 Å². The zero-order chi connectivity index (χ0) is 15.6. The maximum Gasteiger partial charge on any atom is 0.332 e. The van der Waals surface area contributed by atoms with Gasteiger partial charge in [0.2, 0.25) is 0 Å². The van der Waals surface area contributed by atoms with Gasteiger partial charge in [0.25, 0.3) is 0 Å². The van der Waals surface area contributed by atoms with Crippen molar-refractivity contribution < 1.29 is 4.79 Å². The zero-order valence-corrected chi connectivity index (χ0v) is 13.2. The molecule has 0 fully saturated rings. The molecule has 5 nitrogen and oxygen atoms in total. The molecule has 0 aromatic heterocycles. The molecule has 5 heteroatoms. The molecule has 21 heavy (non-hydrogen) atoms. The molecule has 1 aliphatic rings. The maximum absolute atomic E-state index is 10.6. The van der Waals surface area contributed by atoms with Gasteiger partial charge < -0.3 is 10.6 Å². The van der Waals surface area contributed by atoms with Crippen molar-refractivity contribution in [1.29, 1.82) is 0 Å². The standard InChI is InChI=1S/C16H24N4O/c1-5-20-14-7-6-12(10-18-19-15(17)21)8-13(14)11(2)9-16(20,3)4/h6-8,10-11H,5,9H2,1-4H3,(H3,17,19,21)/b18-10-. The highest BCUT2D eigenvalue weighted by Crippen LogP contribution is 2.43. The molecular weight excluding hydrogens is 264 g/mol. The Morgan fingerprint density at radius 3 is 2.90 bits per heavy atom. The van der Waals surface area contributed by atoms with Gasteiger partial charge in [-0.25, -0.2) is 10.2 Å². The van der Waals surface area contributed by atoms with E-state index >= 15 is 0 Å². The molecule has 3 N–H and O–H groups in total. The van der Waals surface area contributed by atoms with Crippen LogP contribution in [0.4, 0.5) is 10.5 Å². The number of fused-ring (bicyclic) bond motifs is 1. The third kappa shape index (κ3) is 3.17. The summed E-state index contributed by atoms with van der Waals surface area (Å²) >= 11 is 0. The van der Waals surface area contributed by atoms with E-state index in [9.17, 15) is 4.79 Å². The first-order chi connectivity index (χ1) is 9.85. The second-order valence-electron chi connectivity index (χ2n) is 6.21. The summed E-state index contributed by atoms with van der Waals surface area (Å²) in [5, 5.41) is 3.82. The van der Waals surface area contributed by atoms with Crippen molar-refractivity contribution in [1.82, 2.24) is 5.43 Å². The van der Waals surface area contributed by atoms with Crippen LogP contribution in [-0.4, -0.2) is 24.3 Å². The summed E-state index contributed by atoms with van der Waals surface area (Å²) in [5.74, 6) is 0.496. The van der Waals surface area contributed by atoms with E-state index in [2.05, 4.69) is 55.3 Å². The van der Waals surface area contributed by atoms with Gasteiger partial charge in [-0.05, 0) is 56.4 Å². The Morgan fingerprint density at radius 1 is 1.57 bits per heavy atom. The quantitative estimate of drug-likeness (QED) is 0.663. The predicted octanol–water partition coefficient (Wildman–Crippen LogP) is 2.80. The highest BCUT2D eigenvalue weighted by atomic mass is 16.2. The lowest BCUT2D eigenvalue weighted by Crippen LogP contribution is -2.48. The van der Waals surface area contributed by atoms with Gasteiger partial charge in [0.15, 0.2) is 0 Å². The van der Waals surface area contributed by atoms with Crippen LogP contribution >= 0.6 is 0 Å². The van der Waals surface area contributed by atoms with Gasteiger partial charge in [-0.15, -0.1) is 0 Å². The van der Waals surface area contributed by atoms with Crippen molar-refractivity contribution in [3.05, 3.63) is 29.3 Å². The Hall–Kier alpha value is -2.04. The molecule has 0 bridgehead atoms. The second-order valence-corrected chi connectivity index (χ2v) is 6.21. The highest BCUT2D eigenvalue weighted by Gasteiger charge is 2.35. The normalized spacial score (nSPS) is 20.4. The van der Waals surface area contributed by atoms with Crippen LogP contribution in [-0.2, 0) is 0 Å². The van der Waals surface area contributed by atoms with E-state index in [1.165, 1.54) is 11.3 Å². The molecule has 0 saturated carbocycles. The number of urea groups is 1. The highest BCUT2D eigenvalue weighted by molar-refractivity contribution is 5.83. The summed E-state index contributed by atoms with van der Waals surface area (Å²) in [6, 6.07) is 5.64. The number of nitrogens with two attached hydrogens (primary N) is 1. The fourth-order valence-corrected chi connectivity index (χ4v) is 3.36. The summed E-state index contributed by atoms with van der Waals surface area (Å²) in [4.78, 5) is 13.1. The van der Waals surface area contributed by atoms with Gasteiger partial charge in [0, 0.05) is 17.8 Å². The van der Waals surface area contributed by atoms with Crippen LogP contribution in [0.1, 0.15) is 51.2 Å². The summed E-state index contributed by atoms with van der Waals surface area (Å²) < 4.78 is 0. The van der Waals surface area contributed by atoms with E-state index in [1.807, 2.05) is 6.07 Å². The first kappa shape index (κ1) is 15.4. The number of anilines is 1. The van der Waals surface area contributed by atoms with Crippen LogP contribution in [0.15, 0.2) is 23.3 Å². The van der Waals surface area contributed by atoms with Crippen molar-refractivity contribution in [3.63, 3.8) is 0 Å². The summed E-state index contributed by atoms with van der Waals surface area (Å²) in [7, 11) is 0. The Kier molecular flexibility index (Phi) is 4.21. The Balaban J connectivity index is 2.33. The van der Waals surface area contributed by atoms with Crippen LogP contribution in [0.3, 0.4) is 0 Å². The third-order valence-corrected chi connectivity index (χ3v) is 4.11. The summed E-state index contributed by atoms with van der Waals surface area (Å²) in [5.41, 5.74) is 11.0. The smallest absolute Gasteiger partial charge is 0.332 e. The van der Waals surface area contributed by atoms with Crippen LogP contribution in [0.5, 0.6) is 0 Å². The van der Waals surface area contributed by atoms with Crippen LogP contribution in [0.2, 0.25) is 0 Å². The van der Waals surface area contributed by atoms with Crippen molar-refractivity contribution in [2.24, 2.45) is 10.8 Å². The lowest BCUT2D eigenvalue weighted by atomic mass is 9.79. The fraction of sp³-hybridized carbons (Fsp3) is 0.500. The molecule has 114 valence electrons. The Morgan fingerprint density at radius 2 is 2.29 bits per heavy atom. The number of primary amides is 1. The predicted molar refractivity (Wildman–Crippen MR) is 86.9 cm³/mol. The first-order valence-corrected chi connectivity index (χ1v) is 7.35. The average molecular weight is 288 g/mol. The van der Waals surface area contributed by atoms with E-state index in [4.69, 9.17) is 5.73 Å². The Labute approximate surface area is 126 Å². The van der Waals surface area contributed by atoms with Crippen LogP contribution in [0.25, 0.3) is 0 Å². The lowest BCUT2D eigenvalue weighted by Gasteiger charge is -2.47. The van der Waals surface area contributed by atoms with E-state index < -0.39 is 6.03 Å². The average Bonchev–Trinajstić information content (AvgIpc) is 2.38. The number of hydrogen-bond donors (Lipinski definition) is 2. The molecule has 1 aliphatic heterocycles. The summed E-state index contributed by atoms with van der Waals surface area (Å²) in [6.07, 6.45) is 2.74. The van der Waals surface area contributed by atoms with E-state index in [-0.39, 0.29) is 5.54 Å². The molecule has 1 aromatic carbocycles. The topological polar surface area (TPSA) is 70.7 Å². The van der Waals surface area contributed by atoms with E-state index in [0.717, 1.165) is 18.5 Å². The molecule has 0 aliphatic carbocycles. The monoisotopic (exact) mass is 288 g/mol. The lowest BCUT2D eigenvalue weighted by molar-refractivity contribution is 0.249. The molecule has 1 unspecified atom stereocenters. The van der Waals surface area contributed by atoms with Gasteiger partial charge in [-0.3, -0.25) is 0 Å². The van der Waals surface area contributed by atoms with Crippen molar-refractivity contribution >= 4 is 17.9 Å². The number of hydrazone groups is 1. The van der Waals surface area contributed by atoms with Gasteiger partial charge in [0.1, 0.15) is 0 Å². The van der Waals surface area contributed by atoms with E-state index in [0.29, 0.717) is 5.92 Å². The van der Waals surface area contributed by atoms with Gasteiger partial charge in [-0.2, -0.15) is 5.10 Å². The van der Waals surface area contributed by atoms with Crippen LogP contribution in [0, 0.1) is 0 Å². The van der Waals surface area contributed by atoms with Crippen molar-refractivity contribution in [2.45, 2.75) is 45.6 Å². The molecule has 1 aromatic rings. The van der Waals surface area contributed by atoms with Crippen molar-refractivity contribution in [2.75, 3.05) is 11.4 Å². The number of nitrogens with one attached hydrogen (secondary N) is 1. The number of benzene rings is 1. The van der Waals surface area contributed by atoms with Crippen molar-refractivity contribution in [3.8, 4) is 0 Å². The number of rotatable bonds is 3. The first-order valence-electron chi connectivity index (χ1n) is 7.35. The number of nitrogens with zero attached hydrogens (tertiary/aromatic N) is 2. The van der Waals surface area contributed by atoms with E-state index in [1.54, 1.807) is 6.21 Å². The minimum absolute atomic E-state index is 0.171. The fourth-order valence-electron chi connectivity index (χ4n) is 3.36. The molecule has 1 atom stereocenters. The second kappa shape index (κ2) is 5.76. The van der Waals surface area contributed by atoms with Crippen LogP contribution < -0.4 is 16.1 Å². The minimum atomic E-state index is -0.656. The summed E-state index contributed by atoms with van der Waals surface area (Å²) in [6.45, 7) is 10.0. The molecule has 1 heterocycles. The largest absolute Gasteiger partial charge is 0.366 e. The minimum Gasteiger partial charge on any atom is -0.366 e.